The van der Waals surface area contributed by atoms with Crippen molar-refractivity contribution in [3.63, 3.8) is 0 Å². The van der Waals surface area contributed by atoms with Crippen molar-refractivity contribution in [2.45, 2.75) is 6.54 Å². The molecule has 0 radical (unpaired) electrons. The highest BCUT2D eigenvalue weighted by atomic mass is 79.9. The molecule has 1 aromatic carbocycles. The smallest absolute Gasteiger partial charge is 0.267 e. The fraction of sp³-hybridized carbons (Fsp3) is 0.0667. The summed E-state index contributed by atoms with van der Waals surface area (Å²) in [5.41, 5.74) is 2.62. The topological polar surface area (TPSA) is 62.7 Å². The number of benzene rings is 1. The molecule has 0 atom stereocenters. The van der Waals surface area contributed by atoms with E-state index in [1.807, 2.05) is 35.0 Å². The average molecular weight is 345 g/mol. The van der Waals surface area contributed by atoms with Crippen molar-refractivity contribution in [1.29, 1.82) is 0 Å². The Bertz CT molecular complexity index is 731. The molecule has 0 unspecified atom stereocenters. The number of hydrogen-bond acceptors (Lipinski definition) is 2. The number of nitrogens with zero attached hydrogens (tertiary/aromatic N) is 2. The van der Waals surface area contributed by atoms with Gasteiger partial charge in [-0.05, 0) is 39.7 Å². The Morgan fingerprint density at radius 3 is 2.76 bits per heavy atom. The molecular formula is C15H13BrN4O. The fourth-order valence-corrected chi connectivity index (χ4v) is 2.32. The van der Waals surface area contributed by atoms with Crippen LogP contribution in [0.15, 0.2) is 59.7 Å². The maximum absolute atomic E-state index is 11.9. The van der Waals surface area contributed by atoms with Crippen LogP contribution in [-0.4, -0.2) is 20.4 Å². The van der Waals surface area contributed by atoms with Crippen molar-refractivity contribution in [3.8, 4) is 5.69 Å². The summed E-state index contributed by atoms with van der Waals surface area (Å²) in [7, 11) is 0. The maximum atomic E-state index is 11.9. The van der Waals surface area contributed by atoms with Crippen LogP contribution in [-0.2, 0) is 6.54 Å². The summed E-state index contributed by atoms with van der Waals surface area (Å²) in [5.74, 6) is -0.126. The number of hydrogen-bond donors (Lipinski definition) is 2. The summed E-state index contributed by atoms with van der Waals surface area (Å²) in [4.78, 5) is 18.8. The summed E-state index contributed by atoms with van der Waals surface area (Å²) < 4.78 is 2.79. The lowest BCUT2D eigenvalue weighted by Gasteiger charge is -2.06. The lowest BCUT2D eigenvalue weighted by Crippen LogP contribution is -2.23. The number of carbonyl (C=O) groups excluding carboxylic acids is 1. The third kappa shape index (κ3) is 3.22. The number of aromatic nitrogens is 3. The first-order valence-electron chi connectivity index (χ1n) is 6.42. The Balaban J connectivity index is 1.62. The predicted octanol–water partition coefficient (Wildman–Crippen LogP) is 2.89. The standard InChI is InChI=1S/C15H13BrN4O/c16-12-7-14(18-9-12)15(21)19-8-11-1-3-13(4-2-11)20-6-5-17-10-20/h1-7,9-10,18H,8H2,(H,19,21). The highest BCUT2D eigenvalue weighted by Crippen LogP contribution is 2.11. The molecule has 3 aromatic rings. The van der Waals surface area contributed by atoms with Gasteiger partial charge < -0.3 is 14.9 Å². The molecule has 0 fully saturated rings. The van der Waals surface area contributed by atoms with E-state index >= 15 is 0 Å². The van der Waals surface area contributed by atoms with E-state index in [1.54, 1.807) is 24.8 Å². The van der Waals surface area contributed by atoms with Crippen LogP contribution in [0.4, 0.5) is 0 Å². The van der Waals surface area contributed by atoms with Gasteiger partial charge in [-0.3, -0.25) is 4.79 Å². The van der Waals surface area contributed by atoms with Crippen LogP contribution >= 0.6 is 15.9 Å². The zero-order chi connectivity index (χ0) is 14.7. The second kappa shape index (κ2) is 5.97. The second-order valence-electron chi connectivity index (χ2n) is 4.55. The number of H-pyrrole nitrogens is 1. The van der Waals surface area contributed by atoms with Crippen LogP contribution in [0.2, 0.25) is 0 Å². The molecule has 0 aliphatic carbocycles. The van der Waals surface area contributed by atoms with Gasteiger partial charge in [0.1, 0.15) is 5.69 Å². The van der Waals surface area contributed by atoms with E-state index in [4.69, 9.17) is 0 Å². The molecule has 3 rings (SSSR count). The summed E-state index contributed by atoms with van der Waals surface area (Å²) in [5, 5.41) is 2.87. The predicted molar refractivity (Wildman–Crippen MR) is 83.2 cm³/mol. The number of nitrogens with one attached hydrogen (secondary N) is 2. The average Bonchev–Trinajstić information content (AvgIpc) is 3.16. The van der Waals surface area contributed by atoms with Gasteiger partial charge in [0.25, 0.3) is 5.91 Å². The van der Waals surface area contributed by atoms with E-state index in [0.717, 1.165) is 15.7 Å². The van der Waals surface area contributed by atoms with Crippen LogP contribution in [0.3, 0.4) is 0 Å². The Morgan fingerprint density at radius 2 is 2.14 bits per heavy atom. The highest BCUT2D eigenvalue weighted by molar-refractivity contribution is 9.10. The molecule has 2 aromatic heterocycles. The minimum atomic E-state index is -0.126. The summed E-state index contributed by atoms with van der Waals surface area (Å²) in [6.45, 7) is 0.486. The second-order valence-corrected chi connectivity index (χ2v) is 5.47. The van der Waals surface area contributed by atoms with Crippen LogP contribution in [0.1, 0.15) is 16.1 Å². The van der Waals surface area contributed by atoms with E-state index < -0.39 is 0 Å². The molecule has 0 bridgehead atoms. The van der Waals surface area contributed by atoms with Gasteiger partial charge in [-0.15, -0.1) is 0 Å². The minimum Gasteiger partial charge on any atom is -0.356 e. The van der Waals surface area contributed by atoms with Gasteiger partial charge in [0.05, 0.1) is 6.33 Å². The zero-order valence-electron chi connectivity index (χ0n) is 11.1. The van der Waals surface area contributed by atoms with E-state index in [-0.39, 0.29) is 5.91 Å². The quantitative estimate of drug-likeness (QED) is 0.764. The molecule has 21 heavy (non-hydrogen) atoms. The number of carbonyl (C=O) groups is 1. The molecule has 0 saturated carbocycles. The molecule has 5 nitrogen and oxygen atoms in total. The van der Waals surface area contributed by atoms with Crippen LogP contribution in [0.5, 0.6) is 0 Å². The van der Waals surface area contributed by atoms with Crippen molar-refractivity contribution in [2.75, 3.05) is 0 Å². The Hall–Kier alpha value is -2.34. The molecule has 0 aliphatic heterocycles. The van der Waals surface area contributed by atoms with Crippen molar-refractivity contribution in [3.05, 3.63) is 71.0 Å². The third-order valence-electron chi connectivity index (χ3n) is 3.08. The van der Waals surface area contributed by atoms with Crippen molar-refractivity contribution < 1.29 is 4.79 Å². The monoisotopic (exact) mass is 344 g/mol. The number of amides is 1. The van der Waals surface area contributed by atoms with E-state index in [9.17, 15) is 4.79 Å². The van der Waals surface area contributed by atoms with E-state index in [1.165, 1.54) is 0 Å². The normalized spacial score (nSPS) is 10.5. The van der Waals surface area contributed by atoms with Gasteiger partial charge in [-0.1, -0.05) is 12.1 Å². The summed E-state index contributed by atoms with van der Waals surface area (Å²) in [6.07, 6.45) is 7.11. The van der Waals surface area contributed by atoms with Gasteiger partial charge in [0, 0.05) is 35.3 Å². The molecule has 106 valence electrons. The highest BCUT2D eigenvalue weighted by Gasteiger charge is 2.07. The Kier molecular flexibility index (Phi) is 3.87. The van der Waals surface area contributed by atoms with Gasteiger partial charge in [0.15, 0.2) is 0 Å². The number of rotatable bonds is 4. The third-order valence-corrected chi connectivity index (χ3v) is 3.54. The SMILES string of the molecule is O=C(NCc1ccc(-n2ccnc2)cc1)c1cc(Br)c[nH]1. The van der Waals surface area contributed by atoms with Crippen LogP contribution in [0, 0.1) is 0 Å². The summed E-state index contributed by atoms with van der Waals surface area (Å²) >= 11 is 3.30. The molecule has 2 heterocycles. The van der Waals surface area contributed by atoms with Crippen molar-refractivity contribution >= 4 is 21.8 Å². The van der Waals surface area contributed by atoms with Crippen LogP contribution in [0.25, 0.3) is 5.69 Å². The molecule has 1 amide bonds. The van der Waals surface area contributed by atoms with Gasteiger partial charge >= 0.3 is 0 Å². The molecule has 0 saturated heterocycles. The molecule has 2 N–H and O–H groups in total. The number of aromatic amines is 1. The molecule has 6 heteroatoms. The number of halogens is 1. The Labute approximate surface area is 130 Å². The zero-order valence-corrected chi connectivity index (χ0v) is 12.7. The first-order valence-corrected chi connectivity index (χ1v) is 7.21. The van der Waals surface area contributed by atoms with Gasteiger partial charge in [-0.2, -0.15) is 0 Å². The van der Waals surface area contributed by atoms with Crippen LogP contribution < -0.4 is 5.32 Å². The minimum absolute atomic E-state index is 0.126. The van der Waals surface area contributed by atoms with Gasteiger partial charge in [0.2, 0.25) is 0 Å². The lowest BCUT2D eigenvalue weighted by atomic mass is 10.2. The molecule has 0 spiro atoms. The van der Waals surface area contributed by atoms with E-state index in [2.05, 4.69) is 31.2 Å². The maximum Gasteiger partial charge on any atom is 0.267 e. The fourth-order valence-electron chi connectivity index (χ4n) is 1.97. The first-order chi connectivity index (χ1) is 10.2. The van der Waals surface area contributed by atoms with Crippen molar-refractivity contribution in [1.82, 2.24) is 19.9 Å². The molecule has 0 aliphatic rings. The van der Waals surface area contributed by atoms with E-state index in [0.29, 0.717) is 12.2 Å². The Morgan fingerprint density at radius 1 is 1.33 bits per heavy atom. The molecular weight excluding hydrogens is 332 g/mol. The van der Waals surface area contributed by atoms with Crippen molar-refractivity contribution in [2.24, 2.45) is 0 Å². The first kappa shape index (κ1) is 13.6. The number of imidazole rings is 1. The summed E-state index contributed by atoms with van der Waals surface area (Å²) in [6, 6.07) is 9.71. The van der Waals surface area contributed by atoms with Gasteiger partial charge in [-0.25, -0.2) is 4.98 Å². The lowest BCUT2D eigenvalue weighted by molar-refractivity contribution is 0.0946. The largest absolute Gasteiger partial charge is 0.356 e.